The maximum absolute atomic E-state index is 12.5. The van der Waals surface area contributed by atoms with Gasteiger partial charge in [-0.2, -0.15) is 0 Å². The molecule has 1 N–H and O–H groups in total. The molecule has 3 atom stereocenters. The second kappa shape index (κ2) is 9.64. The summed E-state index contributed by atoms with van der Waals surface area (Å²) in [6.07, 6.45) is 4.98. The number of alkyl halides is 3. The van der Waals surface area contributed by atoms with E-state index in [0.717, 1.165) is 30.4 Å². The number of rotatable bonds is 5. The van der Waals surface area contributed by atoms with Crippen LogP contribution >= 0.6 is 50.7 Å². The molecule has 2 aliphatic heterocycles. The Hall–Kier alpha value is -0.0400. The lowest BCUT2D eigenvalue weighted by atomic mass is 9.84. The third-order valence-corrected chi connectivity index (χ3v) is 6.49. The van der Waals surface area contributed by atoms with E-state index < -0.39 is 10.0 Å². The first kappa shape index (κ1) is 21.7. The number of halogens is 4. The first-order valence-corrected chi connectivity index (χ1v) is 11.3. The lowest BCUT2D eigenvalue weighted by molar-refractivity contribution is -0.0325. The molecule has 2 saturated heterocycles. The van der Waals surface area contributed by atoms with Crippen LogP contribution in [-0.4, -0.2) is 46.6 Å². The predicted molar refractivity (Wildman–Crippen MR) is 114 cm³/mol. The Morgan fingerprint density at radius 1 is 1.19 bits per heavy atom. The van der Waals surface area contributed by atoms with Crippen LogP contribution < -0.4 is 5.32 Å². The molecule has 2 fully saturated rings. The number of carbonyl (C=O) groups excluding carboxylic acids is 1. The molecule has 0 aliphatic carbocycles. The van der Waals surface area contributed by atoms with Gasteiger partial charge in [-0.15, -0.1) is 0 Å². The Morgan fingerprint density at radius 2 is 1.89 bits per heavy atom. The standard InChI is InChI=1S/C19H24BrCl3N2O2/c20-15-8-6-13(7-9-15)17(26)24-18(19(21,22)23)27-12-14-4-3-11-25-10-2-1-5-16(14)25/h6-9,14,16,18H,1-5,10-12H2,(H,24,26)/t14-,16+,18-/m0/s1. The number of hydrogen-bond acceptors (Lipinski definition) is 3. The van der Waals surface area contributed by atoms with Gasteiger partial charge in [-0.1, -0.05) is 57.2 Å². The summed E-state index contributed by atoms with van der Waals surface area (Å²) in [6, 6.07) is 7.52. The van der Waals surface area contributed by atoms with Crippen LogP contribution in [-0.2, 0) is 4.74 Å². The number of piperidine rings is 2. The van der Waals surface area contributed by atoms with Gasteiger partial charge in [0.25, 0.3) is 5.91 Å². The van der Waals surface area contributed by atoms with Crippen molar-refractivity contribution in [2.24, 2.45) is 5.92 Å². The Labute approximate surface area is 184 Å². The van der Waals surface area contributed by atoms with Crippen molar-refractivity contribution in [3.63, 3.8) is 0 Å². The molecule has 2 aliphatic rings. The normalized spacial score (nSPS) is 24.9. The molecule has 27 heavy (non-hydrogen) atoms. The van der Waals surface area contributed by atoms with Crippen molar-refractivity contribution >= 4 is 56.6 Å². The monoisotopic (exact) mass is 496 g/mol. The van der Waals surface area contributed by atoms with Crippen LogP contribution in [0.1, 0.15) is 42.5 Å². The van der Waals surface area contributed by atoms with Gasteiger partial charge in [0.1, 0.15) is 0 Å². The van der Waals surface area contributed by atoms with Crippen molar-refractivity contribution in [3.8, 4) is 0 Å². The minimum Gasteiger partial charge on any atom is -0.354 e. The van der Waals surface area contributed by atoms with Gasteiger partial charge >= 0.3 is 0 Å². The van der Waals surface area contributed by atoms with Gasteiger partial charge in [0.2, 0.25) is 3.79 Å². The molecular weight excluding hydrogens is 474 g/mol. The largest absolute Gasteiger partial charge is 0.354 e. The minimum atomic E-state index is -1.74. The van der Waals surface area contributed by atoms with Gasteiger partial charge in [-0.25, -0.2) is 0 Å². The Balaban J connectivity index is 1.61. The molecule has 1 amide bonds. The van der Waals surface area contributed by atoms with E-state index >= 15 is 0 Å². The van der Waals surface area contributed by atoms with Crippen LogP contribution in [0.25, 0.3) is 0 Å². The highest BCUT2D eigenvalue weighted by molar-refractivity contribution is 9.10. The van der Waals surface area contributed by atoms with Crippen molar-refractivity contribution in [1.82, 2.24) is 10.2 Å². The number of fused-ring (bicyclic) bond motifs is 1. The Morgan fingerprint density at radius 3 is 2.59 bits per heavy atom. The van der Waals surface area contributed by atoms with Crippen LogP contribution in [0, 0.1) is 5.92 Å². The second-order valence-corrected chi connectivity index (χ2v) is 10.5. The van der Waals surface area contributed by atoms with E-state index in [1.807, 2.05) is 0 Å². The SMILES string of the molecule is O=C(N[C@@H](OC[C@@H]1CCCN2CCCC[C@H]12)C(Cl)(Cl)Cl)c1ccc(Br)cc1. The Kier molecular flexibility index (Phi) is 7.73. The average molecular weight is 499 g/mol. The van der Waals surface area contributed by atoms with Crippen LogP contribution in [0.5, 0.6) is 0 Å². The van der Waals surface area contributed by atoms with Gasteiger partial charge < -0.3 is 15.0 Å². The lowest BCUT2D eigenvalue weighted by Gasteiger charge is -2.44. The van der Waals surface area contributed by atoms with E-state index in [4.69, 9.17) is 39.5 Å². The molecule has 8 heteroatoms. The van der Waals surface area contributed by atoms with Crippen LogP contribution in [0.2, 0.25) is 0 Å². The van der Waals surface area contributed by atoms with Gasteiger partial charge in [0, 0.05) is 16.1 Å². The highest BCUT2D eigenvalue weighted by Gasteiger charge is 2.38. The Bertz CT molecular complexity index is 637. The molecule has 2 heterocycles. The molecule has 0 spiro atoms. The third kappa shape index (κ3) is 5.97. The fourth-order valence-corrected chi connectivity index (χ4v) is 4.63. The van der Waals surface area contributed by atoms with Crippen LogP contribution in [0.15, 0.2) is 28.7 Å². The zero-order valence-corrected chi connectivity index (χ0v) is 18.8. The van der Waals surface area contributed by atoms with E-state index in [1.165, 1.54) is 19.3 Å². The van der Waals surface area contributed by atoms with Crippen molar-refractivity contribution in [3.05, 3.63) is 34.3 Å². The maximum Gasteiger partial charge on any atom is 0.253 e. The number of benzene rings is 1. The van der Waals surface area contributed by atoms with Crippen molar-refractivity contribution in [2.75, 3.05) is 19.7 Å². The van der Waals surface area contributed by atoms with Crippen molar-refractivity contribution in [2.45, 2.75) is 48.2 Å². The number of hydrogen-bond donors (Lipinski definition) is 1. The van der Waals surface area contributed by atoms with Gasteiger partial charge in [0.15, 0.2) is 6.23 Å². The number of amides is 1. The first-order valence-electron chi connectivity index (χ1n) is 9.33. The maximum atomic E-state index is 12.5. The summed E-state index contributed by atoms with van der Waals surface area (Å²) >= 11 is 21.6. The molecule has 4 nitrogen and oxygen atoms in total. The molecule has 0 aromatic heterocycles. The van der Waals surface area contributed by atoms with Gasteiger partial charge in [-0.3, -0.25) is 4.79 Å². The summed E-state index contributed by atoms with van der Waals surface area (Å²) in [7, 11) is 0. The molecule has 0 radical (unpaired) electrons. The third-order valence-electron chi connectivity index (χ3n) is 5.37. The highest BCUT2D eigenvalue weighted by atomic mass is 79.9. The van der Waals surface area contributed by atoms with Crippen molar-refractivity contribution in [1.29, 1.82) is 0 Å². The summed E-state index contributed by atoms with van der Waals surface area (Å²) in [5.74, 6) is 0.0697. The summed E-state index contributed by atoms with van der Waals surface area (Å²) in [5, 5.41) is 2.72. The van der Waals surface area contributed by atoms with Gasteiger partial charge in [-0.05, 0) is 69.0 Å². The number of ether oxygens (including phenoxy) is 1. The fraction of sp³-hybridized carbons (Fsp3) is 0.632. The second-order valence-electron chi connectivity index (χ2n) is 7.24. The smallest absolute Gasteiger partial charge is 0.253 e. The van der Waals surface area contributed by atoms with E-state index in [2.05, 4.69) is 26.1 Å². The highest BCUT2D eigenvalue weighted by Crippen LogP contribution is 2.34. The molecule has 0 saturated carbocycles. The van der Waals surface area contributed by atoms with Gasteiger partial charge in [0.05, 0.1) is 6.61 Å². The quantitative estimate of drug-likeness (QED) is 0.451. The predicted octanol–water partition coefficient (Wildman–Crippen LogP) is 5.16. The van der Waals surface area contributed by atoms with E-state index in [9.17, 15) is 4.79 Å². The molecular formula is C19H24BrCl3N2O2. The molecule has 1 aromatic rings. The minimum absolute atomic E-state index is 0.332. The van der Waals surface area contributed by atoms with E-state index in [-0.39, 0.29) is 5.91 Å². The molecule has 0 unspecified atom stereocenters. The lowest BCUT2D eigenvalue weighted by Crippen LogP contribution is -2.51. The zero-order valence-electron chi connectivity index (χ0n) is 15.0. The number of nitrogens with one attached hydrogen (secondary N) is 1. The summed E-state index contributed by atoms with van der Waals surface area (Å²) in [5.41, 5.74) is 0.483. The molecule has 0 bridgehead atoms. The topological polar surface area (TPSA) is 41.6 Å². The van der Waals surface area contributed by atoms with Crippen LogP contribution in [0.3, 0.4) is 0 Å². The summed E-state index contributed by atoms with van der Waals surface area (Å²) < 4.78 is 5.09. The molecule has 1 aromatic carbocycles. The van der Waals surface area contributed by atoms with Crippen molar-refractivity contribution < 1.29 is 9.53 Å². The fourth-order valence-electron chi connectivity index (χ4n) is 4.01. The van der Waals surface area contributed by atoms with E-state index in [1.54, 1.807) is 24.3 Å². The summed E-state index contributed by atoms with van der Waals surface area (Å²) in [6.45, 7) is 2.80. The summed E-state index contributed by atoms with van der Waals surface area (Å²) in [4.78, 5) is 15.1. The molecule has 3 rings (SSSR count). The van der Waals surface area contributed by atoms with Crippen LogP contribution in [0.4, 0.5) is 0 Å². The first-order chi connectivity index (χ1) is 12.8. The molecule has 150 valence electrons. The zero-order chi connectivity index (χ0) is 19.4. The van der Waals surface area contributed by atoms with E-state index in [0.29, 0.717) is 24.1 Å². The number of nitrogens with zero attached hydrogens (tertiary/aromatic N) is 1. The average Bonchev–Trinajstić information content (AvgIpc) is 2.64. The number of carbonyl (C=O) groups is 1.